The lowest BCUT2D eigenvalue weighted by Gasteiger charge is -2.13. The van der Waals surface area contributed by atoms with Crippen LogP contribution < -0.4 is 10.6 Å². The fourth-order valence-electron chi connectivity index (χ4n) is 2.35. The molecule has 0 aromatic heterocycles. The van der Waals surface area contributed by atoms with Crippen molar-refractivity contribution in [3.63, 3.8) is 0 Å². The van der Waals surface area contributed by atoms with Gasteiger partial charge in [-0.2, -0.15) is 0 Å². The number of allylic oxidation sites excluding steroid dienone is 1. The number of nitrogens with zero attached hydrogens (tertiary/aromatic N) is 1. The summed E-state index contributed by atoms with van der Waals surface area (Å²) in [6.07, 6.45) is 1.45. The summed E-state index contributed by atoms with van der Waals surface area (Å²) in [4.78, 5) is 17.3. The molecule has 0 aliphatic rings. The zero-order valence-electron chi connectivity index (χ0n) is 15.4. The molecule has 3 aromatic rings. The highest BCUT2D eigenvalue weighted by atomic mass is 79.9. The zero-order valence-corrected chi connectivity index (χ0v) is 20.9. The average Bonchev–Trinajstić information content (AvgIpc) is 2.74. The molecule has 0 bridgehead atoms. The van der Waals surface area contributed by atoms with E-state index in [0.717, 1.165) is 13.4 Å². The van der Waals surface area contributed by atoms with Crippen molar-refractivity contribution in [2.24, 2.45) is 4.99 Å². The van der Waals surface area contributed by atoms with Gasteiger partial charge >= 0.3 is 0 Å². The maximum absolute atomic E-state index is 13.0. The molecule has 152 valence electrons. The Bertz CT molecular complexity index is 1080. The van der Waals surface area contributed by atoms with E-state index >= 15 is 0 Å². The van der Waals surface area contributed by atoms with Crippen LogP contribution >= 0.6 is 59.4 Å². The third-order valence-electron chi connectivity index (χ3n) is 3.84. The molecule has 0 atom stereocenters. The topological polar surface area (TPSA) is 53.5 Å². The predicted molar refractivity (Wildman–Crippen MR) is 136 cm³/mol. The minimum atomic E-state index is -0.382. The lowest BCUT2D eigenvalue weighted by molar-refractivity contribution is -0.112. The SMILES string of the molecule is O=C(Nc1ccc(Br)cc1)/C(Nc1ccc(Br)cc1)=C(/Cl)C=Nc1ccc(Br)cc1. The Morgan fingerprint density at radius 1 is 0.733 bits per heavy atom. The van der Waals surface area contributed by atoms with Crippen LogP contribution in [-0.2, 0) is 4.79 Å². The first-order chi connectivity index (χ1) is 14.4. The molecule has 0 spiro atoms. The summed E-state index contributed by atoms with van der Waals surface area (Å²) >= 11 is 16.6. The summed E-state index contributed by atoms with van der Waals surface area (Å²) in [6.45, 7) is 0. The van der Waals surface area contributed by atoms with Crippen LogP contribution in [0.4, 0.5) is 17.1 Å². The standard InChI is InChI=1S/C22H15Br3ClN3O/c23-14-1-7-17(8-2-14)27-13-20(26)21(28-18-9-3-15(24)4-10-18)22(30)29-19-11-5-16(25)6-12-19/h1-13,28H,(H,29,30)/b21-20-,27-13?. The summed E-state index contributed by atoms with van der Waals surface area (Å²) in [5.74, 6) is -0.382. The normalized spacial score (nSPS) is 11.9. The molecule has 3 rings (SSSR count). The zero-order chi connectivity index (χ0) is 21.5. The number of halogens is 4. The third-order valence-corrected chi connectivity index (χ3v) is 5.71. The lowest BCUT2D eigenvalue weighted by atomic mass is 10.2. The molecular formula is C22H15Br3ClN3O. The van der Waals surface area contributed by atoms with Crippen molar-refractivity contribution in [3.8, 4) is 0 Å². The van der Waals surface area contributed by atoms with Crippen molar-refractivity contribution < 1.29 is 4.79 Å². The highest BCUT2D eigenvalue weighted by molar-refractivity contribution is 9.11. The van der Waals surface area contributed by atoms with Gasteiger partial charge in [0, 0.05) is 31.0 Å². The summed E-state index contributed by atoms with van der Waals surface area (Å²) in [5.41, 5.74) is 2.26. The van der Waals surface area contributed by atoms with Gasteiger partial charge in [-0.05, 0) is 72.8 Å². The first kappa shape index (κ1) is 22.7. The van der Waals surface area contributed by atoms with E-state index in [4.69, 9.17) is 11.6 Å². The van der Waals surface area contributed by atoms with Gasteiger partial charge in [0.25, 0.3) is 5.91 Å². The summed E-state index contributed by atoms with van der Waals surface area (Å²) in [7, 11) is 0. The highest BCUT2D eigenvalue weighted by Crippen LogP contribution is 2.22. The molecule has 8 heteroatoms. The Labute approximate surface area is 204 Å². The van der Waals surface area contributed by atoms with E-state index in [0.29, 0.717) is 17.1 Å². The van der Waals surface area contributed by atoms with E-state index in [9.17, 15) is 4.79 Å². The van der Waals surface area contributed by atoms with E-state index in [1.54, 1.807) is 12.1 Å². The van der Waals surface area contributed by atoms with E-state index in [-0.39, 0.29) is 16.6 Å². The van der Waals surface area contributed by atoms with Gasteiger partial charge in [-0.25, -0.2) is 0 Å². The Morgan fingerprint density at radius 3 is 1.67 bits per heavy atom. The number of rotatable bonds is 6. The quantitative estimate of drug-likeness (QED) is 0.220. The largest absolute Gasteiger partial charge is 0.350 e. The Morgan fingerprint density at radius 2 is 1.17 bits per heavy atom. The monoisotopic (exact) mass is 609 g/mol. The Balaban J connectivity index is 1.89. The number of hydrogen-bond acceptors (Lipinski definition) is 3. The molecule has 0 unspecified atom stereocenters. The van der Waals surface area contributed by atoms with Crippen molar-refractivity contribution in [2.75, 3.05) is 10.6 Å². The third kappa shape index (κ3) is 6.80. The van der Waals surface area contributed by atoms with Crippen LogP contribution in [0.5, 0.6) is 0 Å². The molecule has 0 fully saturated rings. The molecule has 3 aromatic carbocycles. The van der Waals surface area contributed by atoms with Crippen molar-refractivity contribution in [1.82, 2.24) is 0 Å². The number of aliphatic imine (C=N–C) groups is 1. The lowest BCUT2D eigenvalue weighted by Crippen LogP contribution is -2.21. The predicted octanol–water partition coefficient (Wildman–Crippen LogP) is 7.88. The average molecular weight is 613 g/mol. The number of carbonyl (C=O) groups is 1. The van der Waals surface area contributed by atoms with Crippen LogP contribution in [0.1, 0.15) is 0 Å². The van der Waals surface area contributed by atoms with E-state index in [2.05, 4.69) is 63.4 Å². The Kier molecular flexibility index (Phi) is 8.27. The van der Waals surface area contributed by atoms with Gasteiger partial charge < -0.3 is 10.6 Å². The number of carbonyl (C=O) groups excluding carboxylic acids is 1. The molecule has 0 radical (unpaired) electrons. The van der Waals surface area contributed by atoms with Gasteiger partial charge in [0.15, 0.2) is 0 Å². The van der Waals surface area contributed by atoms with Gasteiger partial charge in [0.2, 0.25) is 0 Å². The van der Waals surface area contributed by atoms with Crippen molar-refractivity contribution in [2.45, 2.75) is 0 Å². The molecule has 30 heavy (non-hydrogen) atoms. The molecule has 0 heterocycles. The maximum atomic E-state index is 13.0. The van der Waals surface area contributed by atoms with Crippen molar-refractivity contribution in [1.29, 1.82) is 0 Å². The van der Waals surface area contributed by atoms with Gasteiger partial charge in [-0.15, -0.1) is 0 Å². The summed E-state index contributed by atoms with van der Waals surface area (Å²) in [5, 5.41) is 6.11. The van der Waals surface area contributed by atoms with E-state index in [1.807, 2.05) is 60.7 Å². The fourth-order valence-corrected chi connectivity index (χ4v) is 3.33. The molecule has 4 nitrogen and oxygen atoms in total. The second kappa shape index (κ2) is 10.9. The molecule has 0 saturated heterocycles. The number of nitrogens with one attached hydrogen (secondary N) is 2. The van der Waals surface area contributed by atoms with Gasteiger partial charge in [0.05, 0.1) is 10.7 Å². The minimum Gasteiger partial charge on any atom is -0.350 e. The molecule has 0 aliphatic heterocycles. The van der Waals surface area contributed by atoms with Crippen molar-refractivity contribution >= 4 is 88.6 Å². The van der Waals surface area contributed by atoms with Gasteiger partial charge in [-0.3, -0.25) is 9.79 Å². The minimum absolute atomic E-state index is 0.176. The second-order valence-corrected chi connectivity index (χ2v) is 9.20. The Hall–Kier alpha value is -1.93. The fraction of sp³-hybridized carbons (Fsp3) is 0. The maximum Gasteiger partial charge on any atom is 0.273 e. The van der Waals surface area contributed by atoms with Crippen LogP contribution in [-0.4, -0.2) is 12.1 Å². The number of hydrogen-bond donors (Lipinski definition) is 2. The molecule has 2 N–H and O–H groups in total. The second-order valence-electron chi connectivity index (χ2n) is 6.05. The van der Waals surface area contributed by atoms with Gasteiger partial charge in [0.1, 0.15) is 5.70 Å². The van der Waals surface area contributed by atoms with Crippen LogP contribution in [0.15, 0.2) is 102 Å². The number of anilines is 2. The van der Waals surface area contributed by atoms with Gasteiger partial charge in [-0.1, -0.05) is 59.4 Å². The summed E-state index contributed by atoms with van der Waals surface area (Å²) < 4.78 is 2.80. The summed E-state index contributed by atoms with van der Waals surface area (Å²) in [6, 6.07) is 22.1. The number of amides is 1. The van der Waals surface area contributed by atoms with Crippen LogP contribution in [0.25, 0.3) is 0 Å². The smallest absolute Gasteiger partial charge is 0.273 e. The van der Waals surface area contributed by atoms with Crippen LogP contribution in [0.2, 0.25) is 0 Å². The molecule has 0 aliphatic carbocycles. The van der Waals surface area contributed by atoms with Crippen LogP contribution in [0.3, 0.4) is 0 Å². The number of benzene rings is 3. The van der Waals surface area contributed by atoms with Crippen molar-refractivity contribution in [3.05, 3.63) is 96.9 Å². The highest BCUT2D eigenvalue weighted by Gasteiger charge is 2.15. The van der Waals surface area contributed by atoms with E-state index in [1.165, 1.54) is 6.21 Å². The first-order valence-electron chi connectivity index (χ1n) is 8.69. The molecule has 1 amide bonds. The molecular weight excluding hydrogens is 597 g/mol. The molecule has 0 saturated carbocycles. The van der Waals surface area contributed by atoms with Crippen LogP contribution in [0, 0.1) is 0 Å². The first-order valence-corrected chi connectivity index (χ1v) is 11.5. The van der Waals surface area contributed by atoms with E-state index < -0.39 is 0 Å².